The number of fused-ring (bicyclic) bond motifs is 1. The lowest BCUT2D eigenvalue weighted by atomic mass is 10.2. The minimum absolute atomic E-state index is 0.0895. The second-order valence-electron chi connectivity index (χ2n) is 5.49. The Morgan fingerprint density at radius 2 is 1.91 bits per heavy atom. The van der Waals surface area contributed by atoms with Crippen LogP contribution in [0.15, 0.2) is 42.5 Å². The summed E-state index contributed by atoms with van der Waals surface area (Å²) in [7, 11) is 1.79. The molecule has 2 aromatic heterocycles. The molecule has 0 spiro atoms. The van der Waals surface area contributed by atoms with Crippen LogP contribution in [0.4, 0.5) is 0 Å². The molecule has 0 radical (unpaired) electrons. The van der Waals surface area contributed by atoms with Gasteiger partial charge in [-0.15, -0.1) is 0 Å². The van der Waals surface area contributed by atoms with Gasteiger partial charge in [-0.25, -0.2) is 9.50 Å². The highest BCUT2D eigenvalue weighted by molar-refractivity contribution is 5.92. The predicted molar refractivity (Wildman–Crippen MR) is 84.7 cm³/mol. The van der Waals surface area contributed by atoms with Crippen molar-refractivity contribution in [1.82, 2.24) is 19.5 Å². The maximum Gasteiger partial charge on any atom is 0.272 e. The molecule has 0 saturated heterocycles. The second kappa shape index (κ2) is 5.60. The first-order valence-electron chi connectivity index (χ1n) is 7.18. The van der Waals surface area contributed by atoms with Crippen LogP contribution in [0, 0.1) is 13.8 Å². The van der Waals surface area contributed by atoms with Crippen molar-refractivity contribution in [2.45, 2.75) is 20.4 Å². The molecule has 0 unspecified atom stereocenters. The third kappa shape index (κ3) is 2.70. The standard InChI is InChI=1S/C17H18N4O/c1-12-9-16-18-15(10-13(2)21(16)19-12)17(22)20(3)11-14-7-5-4-6-8-14/h4-10H,11H2,1-3H3. The second-order valence-corrected chi connectivity index (χ2v) is 5.49. The van der Waals surface area contributed by atoms with E-state index in [-0.39, 0.29) is 5.91 Å². The van der Waals surface area contributed by atoms with Gasteiger partial charge in [0.25, 0.3) is 5.91 Å². The van der Waals surface area contributed by atoms with Crippen LogP contribution in [-0.2, 0) is 6.54 Å². The van der Waals surface area contributed by atoms with Crippen molar-refractivity contribution in [3.8, 4) is 0 Å². The highest BCUT2D eigenvalue weighted by Gasteiger charge is 2.16. The van der Waals surface area contributed by atoms with E-state index in [4.69, 9.17) is 0 Å². The lowest BCUT2D eigenvalue weighted by molar-refractivity contribution is 0.0779. The Labute approximate surface area is 129 Å². The first-order valence-corrected chi connectivity index (χ1v) is 7.18. The van der Waals surface area contributed by atoms with Crippen molar-refractivity contribution in [3.63, 3.8) is 0 Å². The molecule has 0 aliphatic rings. The molecule has 5 heteroatoms. The van der Waals surface area contributed by atoms with Gasteiger partial charge >= 0.3 is 0 Å². The van der Waals surface area contributed by atoms with Gasteiger partial charge in [-0.3, -0.25) is 4.79 Å². The number of aromatic nitrogens is 3. The summed E-state index contributed by atoms with van der Waals surface area (Å²) in [4.78, 5) is 18.7. The summed E-state index contributed by atoms with van der Waals surface area (Å²) in [5.74, 6) is -0.0895. The summed E-state index contributed by atoms with van der Waals surface area (Å²) in [5, 5.41) is 4.35. The average Bonchev–Trinajstić information content (AvgIpc) is 2.88. The van der Waals surface area contributed by atoms with Gasteiger partial charge in [-0.05, 0) is 25.5 Å². The molecule has 5 nitrogen and oxygen atoms in total. The molecule has 0 aliphatic carbocycles. The Morgan fingerprint density at radius 3 is 2.64 bits per heavy atom. The maximum absolute atomic E-state index is 12.6. The van der Waals surface area contributed by atoms with Crippen LogP contribution in [0.5, 0.6) is 0 Å². The van der Waals surface area contributed by atoms with Crippen molar-refractivity contribution >= 4 is 11.6 Å². The predicted octanol–water partition coefficient (Wildman–Crippen LogP) is 2.62. The average molecular weight is 294 g/mol. The van der Waals surface area contributed by atoms with Gasteiger partial charge in [0.15, 0.2) is 5.65 Å². The van der Waals surface area contributed by atoms with Crippen LogP contribution in [0.3, 0.4) is 0 Å². The fourth-order valence-corrected chi connectivity index (χ4v) is 2.47. The number of carbonyl (C=O) groups excluding carboxylic acids is 1. The molecule has 22 heavy (non-hydrogen) atoms. The molecule has 2 heterocycles. The lowest BCUT2D eigenvalue weighted by Crippen LogP contribution is -2.27. The third-order valence-electron chi connectivity index (χ3n) is 3.56. The topological polar surface area (TPSA) is 50.5 Å². The summed E-state index contributed by atoms with van der Waals surface area (Å²) in [6.07, 6.45) is 0. The quantitative estimate of drug-likeness (QED) is 0.746. The van der Waals surface area contributed by atoms with Crippen molar-refractivity contribution in [3.05, 3.63) is 65.1 Å². The monoisotopic (exact) mass is 294 g/mol. The Kier molecular flexibility index (Phi) is 3.63. The molecule has 0 N–H and O–H groups in total. The Morgan fingerprint density at radius 1 is 1.18 bits per heavy atom. The summed E-state index contributed by atoms with van der Waals surface area (Å²) in [6, 6.07) is 13.6. The molecule has 1 aromatic carbocycles. The number of hydrogen-bond acceptors (Lipinski definition) is 3. The highest BCUT2D eigenvalue weighted by Crippen LogP contribution is 2.12. The number of nitrogens with zero attached hydrogens (tertiary/aromatic N) is 4. The Bertz CT molecular complexity index is 823. The first-order chi connectivity index (χ1) is 10.5. The lowest BCUT2D eigenvalue weighted by Gasteiger charge is -2.17. The fraction of sp³-hybridized carbons (Fsp3) is 0.235. The Balaban J connectivity index is 1.88. The molecular formula is C17H18N4O. The van der Waals surface area contributed by atoms with E-state index in [1.165, 1.54) is 0 Å². The largest absolute Gasteiger partial charge is 0.336 e. The fourth-order valence-electron chi connectivity index (χ4n) is 2.47. The first kappa shape index (κ1) is 14.3. The zero-order chi connectivity index (χ0) is 15.7. The number of aryl methyl sites for hydroxylation is 2. The van der Waals surface area contributed by atoms with E-state index < -0.39 is 0 Å². The van der Waals surface area contributed by atoms with Gasteiger partial charge in [-0.2, -0.15) is 5.10 Å². The number of carbonyl (C=O) groups is 1. The van der Waals surface area contributed by atoms with Crippen LogP contribution in [0.2, 0.25) is 0 Å². The van der Waals surface area contributed by atoms with Crippen molar-refractivity contribution in [1.29, 1.82) is 0 Å². The van der Waals surface area contributed by atoms with E-state index in [9.17, 15) is 4.79 Å². The molecule has 0 bridgehead atoms. The van der Waals surface area contributed by atoms with Gasteiger partial charge in [-0.1, -0.05) is 30.3 Å². The zero-order valence-electron chi connectivity index (χ0n) is 12.9. The van der Waals surface area contributed by atoms with Crippen molar-refractivity contribution in [2.75, 3.05) is 7.05 Å². The molecule has 0 fully saturated rings. The van der Waals surface area contributed by atoms with Crippen LogP contribution in [-0.4, -0.2) is 32.5 Å². The molecule has 0 saturated carbocycles. The molecule has 112 valence electrons. The molecule has 3 rings (SSSR count). The van der Waals surface area contributed by atoms with Gasteiger partial charge in [0, 0.05) is 25.4 Å². The van der Waals surface area contributed by atoms with E-state index >= 15 is 0 Å². The van der Waals surface area contributed by atoms with Crippen LogP contribution < -0.4 is 0 Å². The number of rotatable bonds is 3. The van der Waals surface area contributed by atoms with Crippen LogP contribution in [0.1, 0.15) is 27.4 Å². The molecular weight excluding hydrogens is 276 g/mol. The molecule has 0 atom stereocenters. The number of hydrogen-bond donors (Lipinski definition) is 0. The van der Waals surface area contributed by atoms with E-state index in [2.05, 4.69) is 10.1 Å². The van der Waals surface area contributed by atoms with E-state index in [1.54, 1.807) is 22.5 Å². The minimum Gasteiger partial charge on any atom is -0.336 e. The Hall–Kier alpha value is -2.69. The van der Waals surface area contributed by atoms with Gasteiger partial charge in [0.2, 0.25) is 0 Å². The van der Waals surface area contributed by atoms with E-state index in [0.717, 1.165) is 17.0 Å². The number of amides is 1. The highest BCUT2D eigenvalue weighted by atomic mass is 16.2. The van der Waals surface area contributed by atoms with Crippen molar-refractivity contribution in [2.24, 2.45) is 0 Å². The normalized spacial score (nSPS) is 10.9. The third-order valence-corrected chi connectivity index (χ3v) is 3.56. The molecule has 0 aliphatic heterocycles. The zero-order valence-corrected chi connectivity index (χ0v) is 12.9. The van der Waals surface area contributed by atoms with E-state index in [1.807, 2.05) is 50.2 Å². The number of benzene rings is 1. The molecule has 1 amide bonds. The van der Waals surface area contributed by atoms with Gasteiger partial charge in [0.1, 0.15) is 5.69 Å². The summed E-state index contributed by atoms with van der Waals surface area (Å²) >= 11 is 0. The van der Waals surface area contributed by atoms with Gasteiger partial charge in [0.05, 0.1) is 5.69 Å². The van der Waals surface area contributed by atoms with Crippen LogP contribution >= 0.6 is 0 Å². The van der Waals surface area contributed by atoms with Crippen LogP contribution in [0.25, 0.3) is 5.65 Å². The smallest absolute Gasteiger partial charge is 0.272 e. The SMILES string of the molecule is Cc1cc2nc(C(=O)N(C)Cc3ccccc3)cc(C)n2n1. The van der Waals surface area contributed by atoms with Crippen molar-refractivity contribution < 1.29 is 4.79 Å². The summed E-state index contributed by atoms with van der Waals surface area (Å²) in [5.41, 5.74) is 4.03. The minimum atomic E-state index is -0.0895. The van der Waals surface area contributed by atoms with Gasteiger partial charge < -0.3 is 4.90 Å². The molecule has 3 aromatic rings. The maximum atomic E-state index is 12.6. The van der Waals surface area contributed by atoms with E-state index in [0.29, 0.717) is 17.9 Å². The summed E-state index contributed by atoms with van der Waals surface area (Å²) < 4.78 is 1.75. The summed E-state index contributed by atoms with van der Waals surface area (Å²) in [6.45, 7) is 4.40.